The van der Waals surface area contributed by atoms with Gasteiger partial charge in [-0.1, -0.05) is 13.3 Å². The number of benzene rings is 1. The van der Waals surface area contributed by atoms with Crippen LogP contribution in [0.5, 0.6) is 0 Å². The van der Waals surface area contributed by atoms with E-state index in [4.69, 9.17) is 0 Å². The number of hydrogen-bond donors (Lipinski definition) is 1. The Kier molecular flexibility index (Phi) is 4.73. The van der Waals surface area contributed by atoms with Crippen molar-refractivity contribution >= 4 is 15.9 Å². The third-order valence-electron chi connectivity index (χ3n) is 3.48. The van der Waals surface area contributed by atoms with Gasteiger partial charge in [0.15, 0.2) is 0 Å². The second-order valence-corrected chi connectivity index (χ2v) is 5.84. The average Bonchev–Trinajstić information content (AvgIpc) is 3.17. The molecule has 0 heterocycles. The van der Waals surface area contributed by atoms with Gasteiger partial charge in [0.2, 0.25) is 0 Å². The molecule has 1 fully saturated rings. The van der Waals surface area contributed by atoms with Crippen molar-refractivity contribution in [3.63, 3.8) is 0 Å². The van der Waals surface area contributed by atoms with Crippen LogP contribution < -0.4 is 5.32 Å². The molecule has 1 aliphatic carbocycles. The van der Waals surface area contributed by atoms with E-state index < -0.39 is 11.6 Å². The molecule has 100 valence electrons. The number of halogens is 3. The van der Waals surface area contributed by atoms with E-state index in [2.05, 4.69) is 28.2 Å². The Morgan fingerprint density at radius 2 is 2.11 bits per heavy atom. The summed E-state index contributed by atoms with van der Waals surface area (Å²) in [5, 5.41) is 3.42. The molecule has 2 rings (SSSR count). The first-order chi connectivity index (χ1) is 8.61. The summed E-state index contributed by atoms with van der Waals surface area (Å²) in [5.74, 6) is -0.621. The fourth-order valence-corrected chi connectivity index (χ4v) is 2.40. The zero-order chi connectivity index (χ0) is 13.1. The SMILES string of the molecule is CCC(CNC1CC1)Cc1c(F)ccc(Br)c1F. The quantitative estimate of drug-likeness (QED) is 0.780. The van der Waals surface area contributed by atoms with E-state index in [1.54, 1.807) is 0 Å². The summed E-state index contributed by atoms with van der Waals surface area (Å²) in [6, 6.07) is 3.37. The van der Waals surface area contributed by atoms with Crippen LogP contribution in [0.2, 0.25) is 0 Å². The Hall–Kier alpha value is -0.480. The fraction of sp³-hybridized carbons (Fsp3) is 0.571. The van der Waals surface area contributed by atoms with Gasteiger partial charge in [0.1, 0.15) is 11.6 Å². The standard InChI is InChI=1S/C14H18BrF2N/c1-2-9(8-18-10-3-4-10)7-11-13(16)6-5-12(15)14(11)17/h5-6,9-10,18H,2-4,7-8H2,1H3. The molecule has 0 saturated heterocycles. The molecule has 1 N–H and O–H groups in total. The molecule has 1 unspecified atom stereocenters. The van der Waals surface area contributed by atoms with E-state index in [9.17, 15) is 8.78 Å². The van der Waals surface area contributed by atoms with Gasteiger partial charge in [-0.2, -0.15) is 0 Å². The highest BCUT2D eigenvalue weighted by Gasteiger charge is 2.22. The summed E-state index contributed by atoms with van der Waals surface area (Å²) in [7, 11) is 0. The van der Waals surface area contributed by atoms with E-state index >= 15 is 0 Å². The summed E-state index contributed by atoms with van der Waals surface area (Å²) in [4.78, 5) is 0. The lowest BCUT2D eigenvalue weighted by Gasteiger charge is -2.17. The van der Waals surface area contributed by atoms with Crippen LogP contribution in [0.1, 0.15) is 31.7 Å². The highest BCUT2D eigenvalue weighted by Crippen LogP contribution is 2.25. The second-order valence-electron chi connectivity index (χ2n) is 4.98. The first kappa shape index (κ1) is 13.9. The molecule has 18 heavy (non-hydrogen) atoms. The third kappa shape index (κ3) is 3.51. The lowest BCUT2D eigenvalue weighted by Crippen LogP contribution is -2.26. The first-order valence-corrected chi connectivity index (χ1v) is 7.26. The maximum absolute atomic E-state index is 13.9. The minimum Gasteiger partial charge on any atom is -0.314 e. The Balaban J connectivity index is 2.03. The molecule has 1 nitrogen and oxygen atoms in total. The van der Waals surface area contributed by atoms with Crippen molar-refractivity contribution in [2.75, 3.05) is 6.54 Å². The van der Waals surface area contributed by atoms with Crippen molar-refractivity contribution < 1.29 is 8.78 Å². The summed E-state index contributed by atoms with van der Waals surface area (Å²) >= 11 is 3.11. The summed E-state index contributed by atoms with van der Waals surface area (Å²) < 4.78 is 27.9. The molecule has 1 saturated carbocycles. The van der Waals surface area contributed by atoms with Gasteiger partial charge in [-0.05, 0) is 59.8 Å². The highest BCUT2D eigenvalue weighted by molar-refractivity contribution is 9.10. The zero-order valence-corrected chi connectivity index (χ0v) is 12.1. The van der Waals surface area contributed by atoms with E-state index in [1.165, 1.54) is 25.0 Å². The Morgan fingerprint density at radius 3 is 2.72 bits per heavy atom. The molecule has 1 aliphatic rings. The van der Waals surface area contributed by atoms with Crippen molar-refractivity contribution in [2.45, 2.75) is 38.6 Å². The van der Waals surface area contributed by atoms with Gasteiger partial charge in [0.05, 0.1) is 4.47 Å². The summed E-state index contributed by atoms with van der Waals surface area (Å²) in [5.41, 5.74) is 0.203. The number of nitrogens with one attached hydrogen (secondary N) is 1. The van der Waals surface area contributed by atoms with Crippen molar-refractivity contribution in [2.24, 2.45) is 5.92 Å². The molecule has 1 atom stereocenters. The molecule has 0 aliphatic heterocycles. The Bertz CT molecular complexity index is 419. The van der Waals surface area contributed by atoms with Gasteiger partial charge in [0, 0.05) is 11.6 Å². The van der Waals surface area contributed by atoms with E-state index in [-0.39, 0.29) is 11.5 Å². The third-order valence-corrected chi connectivity index (χ3v) is 4.09. The first-order valence-electron chi connectivity index (χ1n) is 6.47. The summed E-state index contributed by atoms with van der Waals surface area (Å²) in [6.07, 6.45) is 3.84. The maximum Gasteiger partial charge on any atom is 0.143 e. The number of rotatable bonds is 6. The minimum atomic E-state index is -0.458. The van der Waals surface area contributed by atoms with E-state index in [1.807, 2.05) is 0 Å². The average molecular weight is 318 g/mol. The van der Waals surface area contributed by atoms with E-state index in [0.29, 0.717) is 16.9 Å². The van der Waals surface area contributed by atoms with Crippen molar-refractivity contribution in [3.8, 4) is 0 Å². The van der Waals surface area contributed by atoms with Gasteiger partial charge in [-0.15, -0.1) is 0 Å². The Labute approximate surface area is 115 Å². The number of hydrogen-bond acceptors (Lipinski definition) is 1. The lowest BCUT2D eigenvalue weighted by atomic mass is 9.96. The fourth-order valence-electron chi connectivity index (χ4n) is 2.03. The van der Waals surface area contributed by atoms with Gasteiger partial charge in [-0.25, -0.2) is 8.78 Å². The van der Waals surface area contributed by atoms with Crippen LogP contribution in [0, 0.1) is 17.6 Å². The topological polar surface area (TPSA) is 12.0 Å². The van der Waals surface area contributed by atoms with E-state index in [0.717, 1.165) is 13.0 Å². The zero-order valence-electron chi connectivity index (χ0n) is 10.5. The van der Waals surface area contributed by atoms with Crippen LogP contribution in [0.25, 0.3) is 0 Å². The van der Waals surface area contributed by atoms with Crippen LogP contribution >= 0.6 is 15.9 Å². The predicted molar refractivity (Wildman–Crippen MR) is 72.6 cm³/mol. The van der Waals surface area contributed by atoms with Gasteiger partial charge in [-0.3, -0.25) is 0 Å². The monoisotopic (exact) mass is 317 g/mol. The molecular weight excluding hydrogens is 300 g/mol. The lowest BCUT2D eigenvalue weighted by molar-refractivity contribution is 0.436. The predicted octanol–water partition coefficient (Wildman–Crippen LogP) is 4.05. The largest absolute Gasteiger partial charge is 0.314 e. The molecule has 1 aromatic rings. The molecule has 0 radical (unpaired) electrons. The highest BCUT2D eigenvalue weighted by atomic mass is 79.9. The van der Waals surface area contributed by atoms with Crippen LogP contribution in [0.15, 0.2) is 16.6 Å². The van der Waals surface area contributed by atoms with Crippen molar-refractivity contribution in [3.05, 3.63) is 33.8 Å². The van der Waals surface area contributed by atoms with Gasteiger partial charge < -0.3 is 5.32 Å². The maximum atomic E-state index is 13.9. The minimum absolute atomic E-state index is 0.203. The van der Waals surface area contributed by atoms with Crippen LogP contribution in [-0.2, 0) is 6.42 Å². The van der Waals surface area contributed by atoms with Crippen LogP contribution in [0.3, 0.4) is 0 Å². The molecular formula is C14H18BrF2N. The summed E-state index contributed by atoms with van der Waals surface area (Å²) in [6.45, 7) is 2.90. The Morgan fingerprint density at radius 1 is 1.39 bits per heavy atom. The van der Waals surface area contributed by atoms with Gasteiger partial charge in [0.25, 0.3) is 0 Å². The molecule has 0 spiro atoms. The molecule has 0 bridgehead atoms. The normalized spacial score (nSPS) is 16.9. The van der Waals surface area contributed by atoms with Crippen LogP contribution in [-0.4, -0.2) is 12.6 Å². The molecule has 4 heteroatoms. The van der Waals surface area contributed by atoms with Crippen molar-refractivity contribution in [1.82, 2.24) is 5.32 Å². The van der Waals surface area contributed by atoms with Crippen molar-refractivity contribution in [1.29, 1.82) is 0 Å². The second kappa shape index (κ2) is 6.11. The van der Waals surface area contributed by atoms with Crippen LogP contribution in [0.4, 0.5) is 8.78 Å². The smallest absolute Gasteiger partial charge is 0.143 e. The molecule has 0 aromatic heterocycles. The van der Waals surface area contributed by atoms with Gasteiger partial charge >= 0.3 is 0 Å². The molecule has 0 amide bonds. The molecule has 1 aromatic carbocycles.